The molecule has 0 saturated carbocycles. The third kappa shape index (κ3) is 10.9. The van der Waals surface area contributed by atoms with Crippen LogP contribution in [0.1, 0.15) is 74.2 Å². The van der Waals surface area contributed by atoms with Gasteiger partial charge in [0.15, 0.2) is 17.7 Å². The van der Waals surface area contributed by atoms with Gasteiger partial charge < -0.3 is 52.2 Å². The summed E-state index contributed by atoms with van der Waals surface area (Å²) in [7, 11) is 0. The van der Waals surface area contributed by atoms with Gasteiger partial charge in [0.25, 0.3) is 11.8 Å². The van der Waals surface area contributed by atoms with Gasteiger partial charge in [-0.05, 0) is 57.6 Å². The summed E-state index contributed by atoms with van der Waals surface area (Å²) in [5, 5.41) is 2.32. The third-order valence-corrected chi connectivity index (χ3v) is 16.1. The molecule has 14 heteroatoms. The molecule has 0 radical (unpaired) electrons. The standard InChI is InChI=1S/C72H63N3O11/c1-72(2)85-57-36-53-55(37-58(57)86-72)73-64-60(53)62-63(70(77)74(69(62)76)45-79-39-47-23-11-4-12-24-47)61-54-35-52(80-40-48-25-13-5-14-26-48)33-34-56(54)75(65(61)64)71-68(83-43-51-31-19-8-20-32-51)67(82-42-50-29-17-7-18-30-50)66(81-41-49-27-15-6-16-28-49)59(84-71)44-78-38-46-21-9-3-10-22-46/h3-37,59,66-68,71,73H,38-45H2,1-2H3. The molecule has 0 bridgehead atoms. The van der Waals surface area contributed by atoms with Crippen molar-refractivity contribution in [3.63, 3.8) is 0 Å². The van der Waals surface area contributed by atoms with Gasteiger partial charge in [0, 0.05) is 41.5 Å². The van der Waals surface area contributed by atoms with Crippen molar-refractivity contribution < 1.29 is 52.2 Å². The van der Waals surface area contributed by atoms with E-state index in [-0.39, 0.29) is 57.5 Å². The Hall–Kier alpha value is -9.12. The van der Waals surface area contributed by atoms with E-state index in [2.05, 4.69) is 9.55 Å². The van der Waals surface area contributed by atoms with Gasteiger partial charge in [-0.2, -0.15) is 0 Å². The Morgan fingerprint density at radius 3 is 1.52 bits per heavy atom. The number of imide groups is 1. The quantitative estimate of drug-likeness (QED) is 0.0687. The van der Waals surface area contributed by atoms with E-state index in [0.29, 0.717) is 67.5 Å². The Morgan fingerprint density at radius 1 is 0.488 bits per heavy atom. The molecular formula is C72H63N3O11. The van der Waals surface area contributed by atoms with Crippen LogP contribution >= 0.6 is 0 Å². The van der Waals surface area contributed by atoms with Gasteiger partial charge in [-0.3, -0.25) is 9.59 Å². The molecule has 432 valence electrons. The Balaban J connectivity index is 1.01. The lowest BCUT2D eigenvalue weighted by Gasteiger charge is -2.47. The molecule has 1 N–H and O–H groups in total. The van der Waals surface area contributed by atoms with Crippen molar-refractivity contribution in [1.29, 1.82) is 0 Å². The minimum atomic E-state index is -1.03. The van der Waals surface area contributed by atoms with Crippen LogP contribution < -0.4 is 14.2 Å². The minimum Gasteiger partial charge on any atom is -0.489 e. The van der Waals surface area contributed by atoms with E-state index in [4.69, 9.17) is 42.6 Å². The van der Waals surface area contributed by atoms with Crippen molar-refractivity contribution in [2.24, 2.45) is 0 Å². The van der Waals surface area contributed by atoms with Crippen molar-refractivity contribution in [1.82, 2.24) is 14.5 Å². The van der Waals surface area contributed by atoms with Crippen molar-refractivity contribution >= 4 is 55.4 Å². The summed E-state index contributed by atoms with van der Waals surface area (Å²) in [6, 6.07) is 69.4. The molecule has 2 aromatic heterocycles. The normalized spacial score (nSPS) is 18.9. The second-order valence-electron chi connectivity index (χ2n) is 22.5. The fourth-order valence-corrected chi connectivity index (χ4v) is 12.2. The zero-order chi connectivity index (χ0) is 58.1. The van der Waals surface area contributed by atoms with Crippen molar-refractivity contribution in [2.75, 3.05) is 13.3 Å². The van der Waals surface area contributed by atoms with Gasteiger partial charge in [0.2, 0.25) is 5.79 Å². The molecule has 5 atom stereocenters. The van der Waals surface area contributed by atoms with Crippen LogP contribution in [-0.2, 0) is 68.1 Å². The van der Waals surface area contributed by atoms with Crippen LogP contribution in [-0.4, -0.2) is 69.8 Å². The number of fused-ring (bicyclic) bond motifs is 11. The number of hydrogen-bond acceptors (Lipinski definition) is 11. The van der Waals surface area contributed by atoms with E-state index >= 15 is 9.59 Å². The molecule has 5 heterocycles. The second-order valence-corrected chi connectivity index (χ2v) is 22.5. The van der Waals surface area contributed by atoms with E-state index in [1.807, 2.05) is 226 Å². The highest BCUT2D eigenvalue weighted by Crippen LogP contribution is 2.51. The Kier molecular flexibility index (Phi) is 15.1. The number of aromatic nitrogens is 2. The van der Waals surface area contributed by atoms with Crippen LogP contribution in [0.25, 0.3) is 43.6 Å². The number of nitrogens with zero attached hydrogens (tertiary/aromatic N) is 2. The zero-order valence-electron chi connectivity index (χ0n) is 47.6. The molecule has 11 aromatic rings. The van der Waals surface area contributed by atoms with Crippen molar-refractivity contribution in [3.05, 3.63) is 257 Å². The summed E-state index contributed by atoms with van der Waals surface area (Å²) in [6.07, 6.45) is -4.30. The summed E-state index contributed by atoms with van der Waals surface area (Å²) in [5.41, 5.74) is 8.64. The highest BCUT2D eigenvalue weighted by atomic mass is 16.7. The number of amides is 2. The lowest BCUT2D eigenvalue weighted by molar-refractivity contribution is -0.288. The van der Waals surface area contributed by atoms with Crippen molar-refractivity contribution in [2.45, 2.75) is 89.9 Å². The number of hydrogen-bond donors (Lipinski definition) is 1. The van der Waals surface area contributed by atoms with E-state index in [1.54, 1.807) is 0 Å². The number of carbonyl (C=O) groups excluding carboxylic acids is 2. The molecule has 3 aliphatic heterocycles. The SMILES string of the molecule is CC1(C)Oc2cc3[nH]c4c(c5c(c6c7cc(OCc8ccccc8)ccc7n(C7OC(COCc8ccccc8)C(OCc8ccccc8)C(OCc8ccccc8)C7OCc7ccccc7)c46)C(=O)N(COCc4ccccc4)C5=O)c3cc2O1. The van der Waals surface area contributed by atoms with Crippen LogP contribution in [0.5, 0.6) is 17.2 Å². The maximum absolute atomic E-state index is 15.8. The molecule has 14 nitrogen and oxygen atoms in total. The first-order valence-electron chi connectivity index (χ1n) is 29.1. The monoisotopic (exact) mass is 1150 g/mol. The number of ether oxygens (including phenoxy) is 9. The molecule has 9 aromatic carbocycles. The fourth-order valence-electron chi connectivity index (χ4n) is 12.2. The summed E-state index contributed by atoms with van der Waals surface area (Å²) in [6.45, 7) is 4.89. The van der Waals surface area contributed by atoms with Crippen LogP contribution in [0.4, 0.5) is 0 Å². The largest absolute Gasteiger partial charge is 0.489 e. The topological polar surface area (TPSA) is 141 Å². The van der Waals surface area contributed by atoms with Gasteiger partial charge in [-0.15, -0.1) is 0 Å². The van der Waals surface area contributed by atoms with Gasteiger partial charge in [-0.1, -0.05) is 182 Å². The van der Waals surface area contributed by atoms with Crippen LogP contribution in [0.3, 0.4) is 0 Å². The molecule has 2 amide bonds. The van der Waals surface area contributed by atoms with Crippen LogP contribution in [0.15, 0.2) is 212 Å². The molecule has 3 aliphatic rings. The highest BCUT2D eigenvalue weighted by Gasteiger charge is 2.51. The number of carbonyl (C=O) groups is 2. The Morgan fingerprint density at radius 2 is 0.965 bits per heavy atom. The van der Waals surface area contributed by atoms with Crippen LogP contribution in [0, 0.1) is 0 Å². The molecule has 0 aliphatic carbocycles. The Labute approximate surface area is 497 Å². The predicted octanol–water partition coefficient (Wildman–Crippen LogP) is 14.2. The second kappa shape index (κ2) is 23.7. The first-order chi connectivity index (χ1) is 42.2. The third-order valence-electron chi connectivity index (χ3n) is 16.1. The van der Waals surface area contributed by atoms with E-state index in [1.165, 1.54) is 4.90 Å². The number of rotatable bonds is 21. The summed E-state index contributed by atoms with van der Waals surface area (Å²) in [5.74, 6) is -0.379. The molecule has 86 heavy (non-hydrogen) atoms. The molecule has 5 unspecified atom stereocenters. The Bertz CT molecular complexity index is 4220. The number of aromatic amines is 1. The molecule has 1 fully saturated rings. The molecule has 0 spiro atoms. The van der Waals surface area contributed by atoms with Gasteiger partial charge >= 0.3 is 0 Å². The predicted molar refractivity (Wildman–Crippen MR) is 327 cm³/mol. The molecule has 1 saturated heterocycles. The first kappa shape index (κ1) is 54.8. The maximum atomic E-state index is 15.8. The van der Waals surface area contributed by atoms with Crippen molar-refractivity contribution in [3.8, 4) is 17.2 Å². The minimum absolute atomic E-state index is 0.0973. The number of nitrogens with one attached hydrogen (secondary N) is 1. The number of H-pyrrole nitrogens is 1. The van der Waals surface area contributed by atoms with E-state index in [0.717, 1.165) is 33.4 Å². The summed E-state index contributed by atoms with van der Waals surface area (Å²) >= 11 is 0. The number of benzene rings is 9. The van der Waals surface area contributed by atoms with Crippen LogP contribution in [0.2, 0.25) is 0 Å². The smallest absolute Gasteiger partial charge is 0.264 e. The van der Waals surface area contributed by atoms with Gasteiger partial charge in [0.05, 0.1) is 72.8 Å². The lowest BCUT2D eigenvalue weighted by Crippen LogP contribution is -2.59. The average molecular weight is 1150 g/mol. The first-order valence-corrected chi connectivity index (χ1v) is 29.1. The average Bonchev–Trinajstić information content (AvgIpc) is 1.52. The highest BCUT2D eigenvalue weighted by molar-refractivity contribution is 6.39. The maximum Gasteiger partial charge on any atom is 0.264 e. The van der Waals surface area contributed by atoms with E-state index < -0.39 is 48.2 Å². The van der Waals surface area contributed by atoms with Gasteiger partial charge in [-0.25, -0.2) is 4.90 Å². The van der Waals surface area contributed by atoms with E-state index in [9.17, 15) is 0 Å². The summed E-state index contributed by atoms with van der Waals surface area (Å²) in [4.78, 5) is 36.3. The fraction of sp³-hybridized carbons (Fsp3) is 0.222. The summed E-state index contributed by atoms with van der Waals surface area (Å²) < 4.78 is 64.0. The zero-order valence-corrected chi connectivity index (χ0v) is 47.6. The lowest BCUT2D eigenvalue weighted by atomic mass is 9.95. The molecule has 14 rings (SSSR count). The van der Waals surface area contributed by atoms with Gasteiger partial charge in [0.1, 0.15) is 43.5 Å². The molecular weight excluding hydrogens is 1080 g/mol.